The third kappa shape index (κ3) is 3.79. The summed E-state index contributed by atoms with van der Waals surface area (Å²) in [4.78, 5) is 27.5. The molecule has 1 aromatic heterocycles. The molecule has 0 saturated carbocycles. The van der Waals surface area contributed by atoms with Crippen LogP contribution in [0.2, 0.25) is 5.15 Å². The maximum atomic E-state index is 12.2. The second-order valence-corrected chi connectivity index (χ2v) is 4.86. The van der Waals surface area contributed by atoms with Crippen LogP contribution in [0.5, 0.6) is 0 Å². The SMILES string of the molecule is Cc1cc(C(=O)N[C@@H](C(=O)O)c2ccccc2)cc(Cl)n1. The minimum absolute atomic E-state index is 0.187. The van der Waals surface area contributed by atoms with E-state index in [1.807, 2.05) is 0 Å². The molecule has 21 heavy (non-hydrogen) atoms. The third-order valence-corrected chi connectivity index (χ3v) is 3.03. The fourth-order valence-electron chi connectivity index (χ4n) is 1.91. The number of nitrogens with zero attached hydrogens (tertiary/aromatic N) is 1. The Kier molecular flexibility index (Phi) is 4.55. The number of carboxylic acids is 1. The van der Waals surface area contributed by atoms with Gasteiger partial charge in [0.05, 0.1) is 0 Å². The standard InChI is InChI=1S/C15H13ClN2O3/c1-9-7-11(8-12(16)17-9)14(19)18-13(15(20)21)10-5-3-2-4-6-10/h2-8,13H,1H3,(H,18,19)(H,20,21)/t13-/m1/s1. The zero-order chi connectivity index (χ0) is 15.4. The number of aromatic nitrogens is 1. The molecule has 0 unspecified atom stereocenters. The lowest BCUT2D eigenvalue weighted by atomic mass is 10.1. The van der Waals surface area contributed by atoms with E-state index in [1.165, 1.54) is 6.07 Å². The molecule has 2 aromatic rings. The molecule has 5 nitrogen and oxygen atoms in total. The van der Waals surface area contributed by atoms with Crippen LogP contribution in [0.1, 0.15) is 27.7 Å². The number of nitrogens with one attached hydrogen (secondary N) is 1. The number of carbonyl (C=O) groups excluding carboxylic acids is 1. The second kappa shape index (κ2) is 6.37. The summed E-state index contributed by atoms with van der Waals surface area (Å²) < 4.78 is 0. The Morgan fingerprint density at radius 3 is 2.48 bits per heavy atom. The van der Waals surface area contributed by atoms with Gasteiger partial charge in [-0.05, 0) is 24.6 Å². The number of benzene rings is 1. The third-order valence-electron chi connectivity index (χ3n) is 2.84. The molecule has 0 fully saturated rings. The summed E-state index contributed by atoms with van der Waals surface area (Å²) in [6.07, 6.45) is 0. The minimum Gasteiger partial charge on any atom is -0.479 e. The van der Waals surface area contributed by atoms with Crippen molar-refractivity contribution in [1.82, 2.24) is 10.3 Å². The average Bonchev–Trinajstić information content (AvgIpc) is 2.44. The van der Waals surface area contributed by atoms with Gasteiger partial charge in [0, 0.05) is 11.3 Å². The topological polar surface area (TPSA) is 79.3 Å². The van der Waals surface area contributed by atoms with Crippen molar-refractivity contribution in [3.05, 3.63) is 64.4 Å². The summed E-state index contributed by atoms with van der Waals surface area (Å²) >= 11 is 5.80. The average molecular weight is 305 g/mol. The minimum atomic E-state index is -1.13. The largest absolute Gasteiger partial charge is 0.479 e. The lowest BCUT2D eigenvalue weighted by Gasteiger charge is -2.15. The van der Waals surface area contributed by atoms with Crippen LogP contribution < -0.4 is 5.32 Å². The van der Waals surface area contributed by atoms with E-state index < -0.39 is 17.9 Å². The lowest BCUT2D eigenvalue weighted by Crippen LogP contribution is -2.33. The molecule has 0 aliphatic heterocycles. The Morgan fingerprint density at radius 1 is 1.24 bits per heavy atom. The zero-order valence-corrected chi connectivity index (χ0v) is 12.0. The number of carboxylic acid groups (broad SMARTS) is 1. The maximum Gasteiger partial charge on any atom is 0.330 e. The van der Waals surface area contributed by atoms with Crippen LogP contribution in [0, 0.1) is 6.92 Å². The van der Waals surface area contributed by atoms with E-state index in [1.54, 1.807) is 43.3 Å². The molecule has 2 N–H and O–H groups in total. The Morgan fingerprint density at radius 2 is 1.90 bits per heavy atom. The molecule has 0 saturated heterocycles. The van der Waals surface area contributed by atoms with Gasteiger partial charge in [0.2, 0.25) is 0 Å². The van der Waals surface area contributed by atoms with Crippen molar-refractivity contribution in [3.8, 4) is 0 Å². The van der Waals surface area contributed by atoms with Crippen LogP contribution in [0.25, 0.3) is 0 Å². The van der Waals surface area contributed by atoms with Crippen molar-refractivity contribution < 1.29 is 14.7 Å². The van der Waals surface area contributed by atoms with E-state index in [0.29, 0.717) is 11.3 Å². The van der Waals surface area contributed by atoms with Gasteiger partial charge in [-0.3, -0.25) is 4.79 Å². The molecule has 1 amide bonds. The van der Waals surface area contributed by atoms with E-state index in [9.17, 15) is 14.7 Å². The van der Waals surface area contributed by atoms with Crippen molar-refractivity contribution in [2.24, 2.45) is 0 Å². The highest BCUT2D eigenvalue weighted by molar-refractivity contribution is 6.29. The van der Waals surface area contributed by atoms with Gasteiger partial charge < -0.3 is 10.4 Å². The predicted octanol–water partition coefficient (Wildman–Crippen LogP) is 2.60. The highest BCUT2D eigenvalue weighted by Gasteiger charge is 2.22. The van der Waals surface area contributed by atoms with E-state index in [4.69, 9.17) is 11.6 Å². The normalized spacial score (nSPS) is 11.7. The summed E-state index contributed by atoms with van der Waals surface area (Å²) in [7, 11) is 0. The van der Waals surface area contributed by atoms with E-state index in [0.717, 1.165) is 0 Å². The predicted molar refractivity (Wildman–Crippen MR) is 78.3 cm³/mol. The van der Waals surface area contributed by atoms with Crippen molar-refractivity contribution in [2.75, 3.05) is 0 Å². The number of aryl methyl sites for hydroxylation is 1. The molecule has 6 heteroatoms. The van der Waals surface area contributed by atoms with Gasteiger partial charge in [-0.1, -0.05) is 41.9 Å². The molecular weight excluding hydrogens is 292 g/mol. The summed E-state index contributed by atoms with van der Waals surface area (Å²) in [6, 6.07) is 10.3. The Balaban J connectivity index is 2.25. The first-order valence-electron chi connectivity index (χ1n) is 6.20. The van der Waals surface area contributed by atoms with Crippen LogP contribution in [-0.4, -0.2) is 22.0 Å². The molecule has 1 heterocycles. The van der Waals surface area contributed by atoms with Crippen molar-refractivity contribution in [2.45, 2.75) is 13.0 Å². The highest BCUT2D eigenvalue weighted by Crippen LogP contribution is 2.15. The van der Waals surface area contributed by atoms with Gasteiger partial charge in [0.1, 0.15) is 5.15 Å². The van der Waals surface area contributed by atoms with E-state index >= 15 is 0 Å². The van der Waals surface area contributed by atoms with Gasteiger partial charge in [0.25, 0.3) is 5.91 Å². The van der Waals surface area contributed by atoms with Gasteiger partial charge in [-0.25, -0.2) is 9.78 Å². The molecule has 0 radical (unpaired) electrons. The Bertz CT molecular complexity index is 654. The molecule has 0 spiro atoms. The lowest BCUT2D eigenvalue weighted by molar-refractivity contribution is -0.139. The van der Waals surface area contributed by atoms with Crippen molar-refractivity contribution >= 4 is 23.5 Å². The number of rotatable bonds is 4. The number of halogens is 1. The van der Waals surface area contributed by atoms with Crippen LogP contribution in [0.3, 0.4) is 0 Å². The smallest absolute Gasteiger partial charge is 0.330 e. The summed E-state index contributed by atoms with van der Waals surface area (Å²) in [5.74, 6) is -1.65. The van der Waals surface area contributed by atoms with E-state index in [-0.39, 0.29) is 10.7 Å². The fourth-order valence-corrected chi connectivity index (χ4v) is 2.16. The molecule has 108 valence electrons. The van der Waals surface area contributed by atoms with Crippen LogP contribution in [0.4, 0.5) is 0 Å². The number of carbonyl (C=O) groups is 2. The number of pyridine rings is 1. The monoisotopic (exact) mass is 304 g/mol. The quantitative estimate of drug-likeness (QED) is 0.851. The first-order valence-corrected chi connectivity index (χ1v) is 6.58. The molecule has 1 aromatic carbocycles. The summed E-state index contributed by atoms with van der Waals surface area (Å²) in [5.41, 5.74) is 1.35. The van der Waals surface area contributed by atoms with Crippen LogP contribution >= 0.6 is 11.6 Å². The number of aliphatic carboxylic acids is 1. The molecule has 0 aliphatic carbocycles. The molecule has 2 rings (SSSR count). The number of amides is 1. The van der Waals surface area contributed by atoms with Gasteiger partial charge in [0.15, 0.2) is 6.04 Å². The Hall–Kier alpha value is -2.40. The first kappa shape index (κ1) is 15.0. The number of hydrogen-bond acceptors (Lipinski definition) is 3. The highest BCUT2D eigenvalue weighted by atomic mass is 35.5. The second-order valence-electron chi connectivity index (χ2n) is 4.48. The Labute approximate surface area is 126 Å². The van der Waals surface area contributed by atoms with Crippen molar-refractivity contribution in [3.63, 3.8) is 0 Å². The summed E-state index contributed by atoms with van der Waals surface area (Å²) in [6.45, 7) is 1.70. The summed E-state index contributed by atoms with van der Waals surface area (Å²) in [5, 5.41) is 11.9. The fraction of sp³-hybridized carbons (Fsp3) is 0.133. The maximum absolute atomic E-state index is 12.2. The molecule has 0 aliphatic rings. The van der Waals surface area contributed by atoms with Crippen LogP contribution in [0.15, 0.2) is 42.5 Å². The van der Waals surface area contributed by atoms with Crippen molar-refractivity contribution in [1.29, 1.82) is 0 Å². The van der Waals surface area contributed by atoms with Gasteiger partial charge >= 0.3 is 5.97 Å². The van der Waals surface area contributed by atoms with Gasteiger partial charge in [-0.2, -0.15) is 0 Å². The molecule has 1 atom stereocenters. The van der Waals surface area contributed by atoms with Gasteiger partial charge in [-0.15, -0.1) is 0 Å². The van der Waals surface area contributed by atoms with Crippen LogP contribution in [-0.2, 0) is 4.79 Å². The first-order chi connectivity index (χ1) is 9.97. The van der Waals surface area contributed by atoms with E-state index in [2.05, 4.69) is 10.3 Å². The zero-order valence-electron chi connectivity index (χ0n) is 11.2. The number of hydrogen-bond donors (Lipinski definition) is 2. The molecule has 0 bridgehead atoms. The molecular formula is C15H13ClN2O3.